The van der Waals surface area contributed by atoms with E-state index in [9.17, 15) is 0 Å². The van der Waals surface area contributed by atoms with Crippen LogP contribution in [0.5, 0.6) is 11.5 Å². The molecule has 0 atom stereocenters. The summed E-state index contributed by atoms with van der Waals surface area (Å²) in [5, 5.41) is 7.33. The number of hydrogen-bond acceptors (Lipinski definition) is 3. The van der Waals surface area contributed by atoms with Gasteiger partial charge in [-0.25, -0.2) is 0 Å². The first-order chi connectivity index (χ1) is 8.16. The molecule has 1 aromatic carbocycles. The van der Waals surface area contributed by atoms with Crippen molar-refractivity contribution in [2.45, 2.75) is 0 Å². The number of pyridine rings is 1. The van der Waals surface area contributed by atoms with E-state index in [0.717, 1.165) is 4.47 Å². The summed E-state index contributed by atoms with van der Waals surface area (Å²) in [6, 6.07) is 8.85. The minimum absolute atomic E-state index is 0.0265. The number of aromatic nitrogens is 1. The van der Waals surface area contributed by atoms with Crippen molar-refractivity contribution >= 4 is 21.8 Å². The first-order valence-corrected chi connectivity index (χ1v) is 5.68. The lowest BCUT2D eigenvalue weighted by molar-refractivity contribution is 0.477. The van der Waals surface area contributed by atoms with Crippen molar-refractivity contribution in [3.05, 3.63) is 52.8 Å². The number of nitrogens with one attached hydrogen (secondary N) is 1. The molecule has 0 aliphatic heterocycles. The van der Waals surface area contributed by atoms with Gasteiger partial charge in [0.1, 0.15) is 17.3 Å². The van der Waals surface area contributed by atoms with Crippen LogP contribution in [-0.4, -0.2) is 10.8 Å². The second kappa shape index (κ2) is 4.97. The lowest BCUT2D eigenvalue weighted by atomic mass is 10.2. The molecule has 4 nitrogen and oxygen atoms in total. The van der Waals surface area contributed by atoms with E-state index in [1.807, 2.05) is 6.07 Å². The van der Waals surface area contributed by atoms with E-state index < -0.39 is 0 Å². The summed E-state index contributed by atoms with van der Waals surface area (Å²) in [4.78, 5) is 3.96. The molecule has 0 saturated heterocycles. The summed E-state index contributed by atoms with van der Waals surface area (Å²) in [5.41, 5.74) is 6.05. The van der Waals surface area contributed by atoms with E-state index in [1.165, 1.54) is 0 Å². The summed E-state index contributed by atoms with van der Waals surface area (Å²) in [7, 11) is 0. The van der Waals surface area contributed by atoms with Crippen LogP contribution in [0, 0.1) is 5.41 Å². The molecule has 1 heterocycles. The maximum atomic E-state index is 7.33. The van der Waals surface area contributed by atoms with Gasteiger partial charge in [-0.05, 0) is 46.3 Å². The number of benzene rings is 1. The Labute approximate surface area is 107 Å². The molecular formula is C12H10BrN3O. The van der Waals surface area contributed by atoms with E-state index in [-0.39, 0.29) is 5.84 Å². The lowest BCUT2D eigenvalue weighted by Crippen LogP contribution is -2.10. The van der Waals surface area contributed by atoms with Gasteiger partial charge < -0.3 is 10.5 Å². The SMILES string of the molecule is N=C(N)c1ccc(Oc2cccnc2)c(Br)c1. The highest BCUT2D eigenvalue weighted by Crippen LogP contribution is 2.29. The lowest BCUT2D eigenvalue weighted by Gasteiger charge is -2.08. The molecule has 0 bridgehead atoms. The Morgan fingerprint density at radius 3 is 2.76 bits per heavy atom. The molecule has 5 heteroatoms. The van der Waals surface area contributed by atoms with Gasteiger partial charge in [-0.2, -0.15) is 0 Å². The molecule has 0 aliphatic rings. The molecule has 0 unspecified atom stereocenters. The van der Waals surface area contributed by atoms with Crippen LogP contribution >= 0.6 is 15.9 Å². The van der Waals surface area contributed by atoms with E-state index in [0.29, 0.717) is 17.1 Å². The topological polar surface area (TPSA) is 72.0 Å². The van der Waals surface area contributed by atoms with E-state index in [4.69, 9.17) is 15.9 Å². The molecule has 86 valence electrons. The molecule has 2 rings (SSSR count). The zero-order chi connectivity index (χ0) is 12.3. The number of nitrogens with zero attached hydrogens (tertiary/aromatic N) is 1. The monoisotopic (exact) mass is 291 g/mol. The maximum Gasteiger partial charge on any atom is 0.145 e. The minimum atomic E-state index is 0.0265. The fraction of sp³-hybridized carbons (Fsp3) is 0. The molecule has 17 heavy (non-hydrogen) atoms. The highest BCUT2D eigenvalue weighted by molar-refractivity contribution is 9.10. The second-order valence-corrected chi connectivity index (χ2v) is 4.20. The van der Waals surface area contributed by atoms with Gasteiger partial charge in [0.15, 0.2) is 0 Å². The van der Waals surface area contributed by atoms with Crippen LogP contribution in [0.4, 0.5) is 0 Å². The van der Waals surface area contributed by atoms with Crippen LogP contribution in [0.2, 0.25) is 0 Å². The predicted octanol–water partition coefficient (Wildman–Crippen LogP) is 2.92. The minimum Gasteiger partial charge on any atom is -0.455 e. The van der Waals surface area contributed by atoms with Gasteiger partial charge in [-0.15, -0.1) is 0 Å². The van der Waals surface area contributed by atoms with Crippen LogP contribution in [0.3, 0.4) is 0 Å². The van der Waals surface area contributed by atoms with Gasteiger partial charge in [-0.1, -0.05) is 0 Å². The first kappa shape index (κ1) is 11.6. The number of nitrogens with two attached hydrogens (primary N) is 1. The van der Waals surface area contributed by atoms with Gasteiger partial charge in [0.25, 0.3) is 0 Å². The second-order valence-electron chi connectivity index (χ2n) is 3.35. The fourth-order valence-electron chi connectivity index (χ4n) is 1.29. The van der Waals surface area contributed by atoms with Crippen LogP contribution in [-0.2, 0) is 0 Å². The summed E-state index contributed by atoms with van der Waals surface area (Å²) in [6.45, 7) is 0. The number of amidine groups is 1. The van der Waals surface area contributed by atoms with Crippen molar-refractivity contribution in [2.24, 2.45) is 5.73 Å². The normalized spacial score (nSPS) is 9.94. The first-order valence-electron chi connectivity index (χ1n) is 4.88. The number of rotatable bonds is 3. The van der Waals surface area contributed by atoms with E-state index in [2.05, 4.69) is 20.9 Å². The highest BCUT2D eigenvalue weighted by atomic mass is 79.9. The zero-order valence-corrected chi connectivity index (χ0v) is 10.4. The Morgan fingerprint density at radius 2 is 2.18 bits per heavy atom. The number of halogens is 1. The van der Waals surface area contributed by atoms with Gasteiger partial charge in [0.05, 0.1) is 10.7 Å². The number of ether oxygens (including phenoxy) is 1. The van der Waals surface area contributed by atoms with Crippen molar-refractivity contribution < 1.29 is 4.74 Å². The van der Waals surface area contributed by atoms with Gasteiger partial charge in [-0.3, -0.25) is 10.4 Å². The molecule has 0 spiro atoms. The number of nitrogen functional groups attached to an aromatic ring is 1. The molecule has 3 N–H and O–H groups in total. The van der Waals surface area contributed by atoms with E-state index in [1.54, 1.807) is 36.7 Å². The van der Waals surface area contributed by atoms with E-state index >= 15 is 0 Å². The van der Waals surface area contributed by atoms with Crippen molar-refractivity contribution in [1.29, 1.82) is 5.41 Å². The summed E-state index contributed by atoms with van der Waals surface area (Å²) >= 11 is 3.38. The summed E-state index contributed by atoms with van der Waals surface area (Å²) < 4.78 is 6.37. The molecule has 0 aliphatic carbocycles. The maximum absolute atomic E-state index is 7.33. The average Bonchev–Trinajstić information content (AvgIpc) is 2.33. The molecule has 1 aromatic heterocycles. The van der Waals surface area contributed by atoms with Gasteiger partial charge >= 0.3 is 0 Å². The van der Waals surface area contributed by atoms with Crippen LogP contribution in [0.15, 0.2) is 47.2 Å². The molecule has 0 amide bonds. The van der Waals surface area contributed by atoms with Gasteiger partial charge in [0, 0.05) is 11.8 Å². The Morgan fingerprint density at radius 1 is 1.35 bits per heavy atom. The smallest absolute Gasteiger partial charge is 0.145 e. The quantitative estimate of drug-likeness (QED) is 0.675. The Bertz CT molecular complexity index is 543. The molecule has 0 saturated carbocycles. The van der Waals surface area contributed by atoms with Crippen LogP contribution in [0.25, 0.3) is 0 Å². The largest absolute Gasteiger partial charge is 0.455 e. The Balaban J connectivity index is 2.26. The third kappa shape index (κ3) is 2.82. The Hall–Kier alpha value is -1.88. The molecular weight excluding hydrogens is 282 g/mol. The fourth-order valence-corrected chi connectivity index (χ4v) is 1.75. The van der Waals surface area contributed by atoms with Gasteiger partial charge in [0.2, 0.25) is 0 Å². The standard InChI is InChI=1S/C12H10BrN3O/c13-10-6-8(12(14)15)3-4-11(10)17-9-2-1-5-16-7-9/h1-7H,(H3,14,15). The Kier molecular flexibility index (Phi) is 3.39. The van der Waals surface area contributed by atoms with Crippen LogP contribution in [0.1, 0.15) is 5.56 Å². The number of hydrogen-bond donors (Lipinski definition) is 2. The zero-order valence-electron chi connectivity index (χ0n) is 8.85. The van der Waals surface area contributed by atoms with Crippen molar-refractivity contribution in [2.75, 3.05) is 0 Å². The predicted molar refractivity (Wildman–Crippen MR) is 69.5 cm³/mol. The summed E-state index contributed by atoms with van der Waals surface area (Å²) in [5.74, 6) is 1.34. The summed E-state index contributed by atoms with van der Waals surface area (Å²) in [6.07, 6.45) is 3.31. The van der Waals surface area contributed by atoms with Crippen molar-refractivity contribution in [3.63, 3.8) is 0 Å². The third-order valence-electron chi connectivity index (χ3n) is 2.11. The molecule has 0 fully saturated rings. The third-order valence-corrected chi connectivity index (χ3v) is 2.72. The molecule has 0 radical (unpaired) electrons. The average molecular weight is 292 g/mol. The van der Waals surface area contributed by atoms with Crippen molar-refractivity contribution in [1.82, 2.24) is 4.98 Å². The highest BCUT2D eigenvalue weighted by Gasteiger charge is 2.05. The van der Waals surface area contributed by atoms with Crippen LogP contribution < -0.4 is 10.5 Å². The van der Waals surface area contributed by atoms with Crippen molar-refractivity contribution in [3.8, 4) is 11.5 Å². The molecule has 2 aromatic rings.